The molecule has 25 heavy (non-hydrogen) atoms. The Kier molecular flexibility index (Phi) is 5.40. The van der Waals surface area contributed by atoms with Gasteiger partial charge >= 0.3 is 6.09 Å². The summed E-state index contributed by atoms with van der Waals surface area (Å²) in [6.07, 6.45) is 5.46. The van der Waals surface area contributed by atoms with Crippen molar-refractivity contribution in [1.82, 2.24) is 4.90 Å². The van der Waals surface area contributed by atoms with Crippen molar-refractivity contribution < 1.29 is 19.0 Å². The zero-order valence-electron chi connectivity index (χ0n) is 15.5. The molecule has 1 saturated carbocycles. The zero-order valence-corrected chi connectivity index (χ0v) is 15.5. The van der Waals surface area contributed by atoms with Crippen molar-refractivity contribution in [3.8, 4) is 11.5 Å². The highest BCUT2D eigenvalue weighted by Gasteiger charge is 2.29. The van der Waals surface area contributed by atoms with Crippen LogP contribution in [0.15, 0.2) is 18.2 Å². The maximum absolute atomic E-state index is 12.8. The van der Waals surface area contributed by atoms with Gasteiger partial charge in [0.25, 0.3) is 0 Å². The number of carbonyl (C=O) groups excluding carboxylic acids is 1. The molecule has 0 aromatic heterocycles. The third-order valence-electron chi connectivity index (χ3n) is 4.60. The van der Waals surface area contributed by atoms with Crippen molar-refractivity contribution in [1.29, 1.82) is 0 Å². The fourth-order valence-electron chi connectivity index (χ4n) is 3.44. The van der Waals surface area contributed by atoms with Crippen LogP contribution in [0.2, 0.25) is 0 Å². The van der Waals surface area contributed by atoms with Crippen molar-refractivity contribution >= 4 is 6.09 Å². The Morgan fingerprint density at radius 2 is 1.80 bits per heavy atom. The SMILES string of the molecule is CC(C)(C)OC(=O)N(Cc1ccc2c(c1)OCCO2)C1CCCCC1. The molecular formula is C20H29NO4. The van der Waals surface area contributed by atoms with Crippen LogP contribution in [-0.2, 0) is 11.3 Å². The first-order valence-electron chi connectivity index (χ1n) is 9.30. The lowest BCUT2D eigenvalue weighted by Crippen LogP contribution is -2.43. The van der Waals surface area contributed by atoms with Crippen molar-refractivity contribution in [2.75, 3.05) is 13.2 Å². The monoisotopic (exact) mass is 347 g/mol. The van der Waals surface area contributed by atoms with Gasteiger partial charge in [0.1, 0.15) is 18.8 Å². The molecule has 1 aromatic carbocycles. The van der Waals surface area contributed by atoms with Gasteiger partial charge in [0.15, 0.2) is 11.5 Å². The molecule has 1 aromatic rings. The van der Waals surface area contributed by atoms with E-state index in [1.165, 1.54) is 19.3 Å². The van der Waals surface area contributed by atoms with E-state index in [1.54, 1.807) is 0 Å². The number of hydrogen-bond acceptors (Lipinski definition) is 4. The summed E-state index contributed by atoms with van der Waals surface area (Å²) < 4.78 is 16.9. The average Bonchev–Trinajstić information content (AvgIpc) is 2.58. The number of carbonyl (C=O) groups is 1. The molecular weight excluding hydrogens is 318 g/mol. The maximum Gasteiger partial charge on any atom is 0.410 e. The van der Waals surface area contributed by atoms with Gasteiger partial charge in [-0.25, -0.2) is 4.79 Å². The van der Waals surface area contributed by atoms with Crippen molar-refractivity contribution in [2.24, 2.45) is 0 Å². The van der Waals surface area contributed by atoms with E-state index >= 15 is 0 Å². The minimum atomic E-state index is -0.489. The number of fused-ring (bicyclic) bond motifs is 1. The van der Waals surface area contributed by atoms with E-state index in [4.69, 9.17) is 14.2 Å². The second-order valence-corrected chi connectivity index (χ2v) is 7.88. The lowest BCUT2D eigenvalue weighted by Gasteiger charge is -2.35. The highest BCUT2D eigenvalue weighted by molar-refractivity contribution is 5.68. The molecule has 0 unspecified atom stereocenters. The molecule has 5 nitrogen and oxygen atoms in total. The van der Waals surface area contributed by atoms with Crippen LogP contribution in [0.4, 0.5) is 4.79 Å². The van der Waals surface area contributed by atoms with Crippen molar-refractivity contribution in [3.05, 3.63) is 23.8 Å². The topological polar surface area (TPSA) is 48.0 Å². The smallest absolute Gasteiger partial charge is 0.410 e. The Labute approximate surface area is 150 Å². The second kappa shape index (κ2) is 7.54. The van der Waals surface area contributed by atoms with Gasteiger partial charge in [-0.05, 0) is 51.3 Å². The van der Waals surface area contributed by atoms with Crippen LogP contribution < -0.4 is 9.47 Å². The van der Waals surface area contributed by atoms with E-state index in [0.29, 0.717) is 19.8 Å². The van der Waals surface area contributed by atoms with E-state index in [1.807, 2.05) is 43.9 Å². The summed E-state index contributed by atoms with van der Waals surface area (Å²) >= 11 is 0. The van der Waals surface area contributed by atoms with Gasteiger partial charge in [-0.1, -0.05) is 25.3 Å². The van der Waals surface area contributed by atoms with Gasteiger partial charge < -0.3 is 19.1 Å². The molecule has 2 aliphatic rings. The Hall–Kier alpha value is -1.91. The van der Waals surface area contributed by atoms with Gasteiger partial charge in [0.05, 0.1) is 0 Å². The maximum atomic E-state index is 12.8. The first-order valence-corrected chi connectivity index (χ1v) is 9.30. The minimum Gasteiger partial charge on any atom is -0.486 e. The highest BCUT2D eigenvalue weighted by atomic mass is 16.6. The third-order valence-corrected chi connectivity index (χ3v) is 4.60. The lowest BCUT2D eigenvalue weighted by atomic mass is 9.94. The lowest BCUT2D eigenvalue weighted by molar-refractivity contribution is 0.00985. The Balaban J connectivity index is 1.77. The summed E-state index contributed by atoms with van der Waals surface area (Å²) in [5.74, 6) is 1.54. The second-order valence-electron chi connectivity index (χ2n) is 7.88. The Morgan fingerprint density at radius 3 is 2.48 bits per heavy atom. The summed E-state index contributed by atoms with van der Waals surface area (Å²) in [5.41, 5.74) is 0.553. The van der Waals surface area contributed by atoms with E-state index < -0.39 is 5.60 Å². The van der Waals surface area contributed by atoms with Crippen LogP contribution in [0.25, 0.3) is 0 Å². The van der Waals surface area contributed by atoms with Gasteiger partial charge in [-0.2, -0.15) is 0 Å². The quantitative estimate of drug-likeness (QED) is 0.806. The fraction of sp³-hybridized carbons (Fsp3) is 0.650. The van der Waals surface area contributed by atoms with Crippen molar-refractivity contribution in [3.63, 3.8) is 0 Å². The van der Waals surface area contributed by atoms with Gasteiger partial charge in [-0.15, -0.1) is 0 Å². The van der Waals surface area contributed by atoms with Crippen LogP contribution in [0.5, 0.6) is 11.5 Å². The number of rotatable bonds is 3. The summed E-state index contributed by atoms with van der Waals surface area (Å²) in [7, 11) is 0. The molecule has 1 aliphatic carbocycles. The predicted octanol–water partition coefficient (Wildman–Crippen LogP) is 4.53. The molecule has 5 heteroatoms. The largest absolute Gasteiger partial charge is 0.486 e. The Bertz CT molecular complexity index is 602. The van der Waals surface area contributed by atoms with E-state index in [9.17, 15) is 4.79 Å². The number of amides is 1. The molecule has 0 atom stereocenters. The first-order chi connectivity index (χ1) is 11.9. The molecule has 1 heterocycles. The molecule has 3 rings (SSSR count). The van der Waals surface area contributed by atoms with E-state index in [-0.39, 0.29) is 12.1 Å². The molecule has 0 saturated heterocycles. The predicted molar refractivity (Wildman–Crippen MR) is 96.1 cm³/mol. The van der Waals surface area contributed by atoms with Crippen LogP contribution >= 0.6 is 0 Å². The third kappa shape index (κ3) is 4.80. The molecule has 0 spiro atoms. The van der Waals surface area contributed by atoms with Gasteiger partial charge in [-0.3, -0.25) is 0 Å². The van der Waals surface area contributed by atoms with E-state index in [0.717, 1.165) is 29.9 Å². The molecule has 1 fully saturated rings. The normalized spacial score (nSPS) is 17.9. The summed E-state index contributed by atoms with van der Waals surface area (Å²) in [4.78, 5) is 14.7. The average molecular weight is 347 g/mol. The number of nitrogens with zero attached hydrogens (tertiary/aromatic N) is 1. The standard InChI is InChI=1S/C20H29NO4/c1-20(2,3)25-19(22)21(16-7-5-4-6-8-16)14-15-9-10-17-18(13-15)24-12-11-23-17/h9-10,13,16H,4-8,11-12,14H2,1-3H3. The Morgan fingerprint density at radius 1 is 1.12 bits per heavy atom. The number of benzene rings is 1. The van der Waals surface area contributed by atoms with Gasteiger partial charge in [0.2, 0.25) is 0 Å². The fourth-order valence-corrected chi connectivity index (χ4v) is 3.44. The molecule has 0 N–H and O–H groups in total. The number of ether oxygens (including phenoxy) is 3. The van der Waals surface area contributed by atoms with Crippen LogP contribution in [0.1, 0.15) is 58.4 Å². The molecule has 1 amide bonds. The van der Waals surface area contributed by atoms with Crippen LogP contribution in [0.3, 0.4) is 0 Å². The first kappa shape index (κ1) is 17.9. The van der Waals surface area contributed by atoms with Crippen LogP contribution in [0, 0.1) is 0 Å². The number of hydrogen-bond donors (Lipinski definition) is 0. The zero-order chi connectivity index (χ0) is 17.9. The highest BCUT2D eigenvalue weighted by Crippen LogP contribution is 2.32. The molecule has 0 radical (unpaired) electrons. The summed E-state index contributed by atoms with van der Waals surface area (Å²) in [6, 6.07) is 6.16. The van der Waals surface area contributed by atoms with Crippen LogP contribution in [-0.4, -0.2) is 35.8 Å². The molecule has 138 valence electrons. The summed E-state index contributed by atoms with van der Waals surface area (Å²) in [6.45, 7) is 7.42. The van der Waals surface area contributed by atoms with Gasteiger partial charge in [0, 0.05) is 12.6 Å². The minimum absolute atomic E-state index is 0.228. The van der Waals surface area contributed by atoms with E-state index in [2.05, 4.69) is 0 Å². The molecule has 1 aliphatic heterocycles. The molecule has 0 bridgehead atoms. The van der Waals surface area contributed by atoms with Crippen molar-refractivity contribution in [2.45, 2.75) is 71.1 Å². The summed E-state index contributed by atoms with van der Waals surface area (Å²) in [5, 5.41) is 0.